The first kappa shape index (κ1) is 12.6. The molecule has 0 atom stereocenters. The van der Waals surface area contributed by atoms with E-state index >= 15 is 0 Å². The molecule has 0 aliphatic carbocycles. The Bertz CT molecular complexity index is 445. The second-order valence-corrected chi connectivity index (χ2v) is 3.84. The van der Waals surface area contributed by atoms with Gasteiger partial charge in [0.1, 0.15) is 0 Å². The fourth-order valence-electron chi connectivity index (χ4n) is 1.24. The van der Waals surface area contributed by atoms with Gasteiger partial charge in [0.05, 0.1) is 21.6 Å². The topological polar surface area (TPSA) is 69.4 Å². The molecule has 5 nitrogen and oxygen atoms in total. The maximum Gasteiger partial charge on any atom is 0.338 e. The van der Waals surface area contributed by atoms with E-state index < -0.39 is 10.9 Å². The molecule has 16 heavy (non-hydrogen) atoms. The molecule has 0 saturated carbocycles. The van der Waals surface area contributed by atoms with Crippen molar-refractivity contribution in [3.8, 4) is 0 Å². The van der Waals surface area contributed by atoms with Gasteiger partial charge >= 0.3 is 5.97 Å². The van der Waals surface area contributed by atoms with E-state index in [0.29, 0.717) is 15.6 Å². The van der Waals surface area contributed by atoms with E-state index in [-0.39, 0.29) is 12.3 Å². The monoisotopic (exact) mass is 287 g/mol. The zero-order valence-electron chi connectivity index (χ0n) is 8.82. The summed E-state index contributed by atoms with van der Waals surface area (Å²) in [7, 11) is 0. The zero-order chi connectivity index (χ0) is 12.3. The SMILES string of the molecule is CCOC(=O)c1ccc([N+](=O)[O-])c(Br)c1C. The number of rotatable bonds is 3. The van der Waals surface area contributed by atoms with Crippen molar-refractivity contribution in [3.63, 3.8) is 0 Å². The van der Waals surface area contributed by atoms with E-state index in [2.05, 4.69) is 15.9 Å². The summed E-state index contributed by atoms with van der Waals surface area (Å²) in [4.78, 5) is 21.6. The zero-order valence-corrected chi connectivity index (χ0v) is 10.4. The summed E-state index contributed by atoms with van der Waals surface area (Å²) in [5.74, 6) is -0.476. The third kappa shape index (κ3) is 2.38. The minimum absolute atomic E-state index is 0.0643. The van der Waals surface area contributed by atoms with E-state index in [1.54, 1.807) is 13.8 Å². The van der Waals surface area contributed by atoms with Gasteiger partial charge in [-0.2, -0.15) is 0 Å². The molecule has 0 saturated heterocycles. The van der Waals surface area contributed by atoms with E-state index in [4.69, 9.17) is 4.74 Å². The van der Waals surface area contributed by atoms with E-state index in [1.165, 1.54) is 12.1 Å². The van der Waals surface area contributed by atoms with Crippen LogP contribution in [0.3, 0.4) is 0 Å². The lowest BCUT2D eigenvalue weighted by Crippen LogP contribution is -2.07. The quantitative estimate of drug-likeness (QED) is 0.487. The van der Waals surface area contributed by atoms with Gasteiger partial charge in [-0.1, -0.05) is 0 Å². The molecule has 0 fully saturated rings. The van der Waals surface area contributed by atoms with Gasteiger partial charge in [-0.25, -0.2) is 4.79 Å². The number of hydrogen-bond donors (Lipinski definition) is 0. The van der Waals surface area contributed by atoms with Gasteiger partial charge in [0.2, 0.25) is 0 Å². The predicted octanol–water partition coefficient (Wildman–Crippen LogP) is 2.84. The number of benzene rings is 1. The van der Waals surface area contributed by atoms with Gasteiger partial charge < -0.3 is 4.74 Å². The molecule has 0 aliphatic heterocycles. The third-order valence-corrected chi connectivity index (χ3v) is 3.06. The number of halogens is 1. The summed E-state index contributed by atoms with van der Waals surface area (Å²) in [5, 5.41) is 10.6. The van der Waals surface area contributed by atoms with Crippen molar-refractivity contribution in [2.75, 3.05) is 6.61 Å². The summed E-state index contributed by atoms with van der Waals surface area (Å²) in [6.07, 6.45) is 0. The Kier molecular flexibility index (Phi) is 4.00. The number of nitro groups is 1. The Morgan fingerprint density at radius 3 is 2.69 bits per heavy atom. The van der Waals surface area contributed by atoms with Gasteiger partial charge in [-0.05, 0) is 41.4 Å². The summed E-state index contributed by atoms with van der Waals surface area (Å²) < 4.78 is 5.14. The van der Waals surface area contributed by atoms with E-state index in [9.17, 15) is 14.9 Å². The van der Waals surface area contributed by atoms with Crippen LogP contribution < -0.4 is 0 Å². The fourth-order valence-corrected chi connectivity index (χ4v) is 1.73. The van der Waals surface area contributed by atoms with Crippen LogP contribution in [-0.4, -0.2) is 17.5 Å². The van der Waals surface area contributed by atoms with Crippen molar-refractivity contribution in [1.82, 2.24) is 0 Å². The molecule has 0 amide bonds. The van der Waals surface area contributed by atoms with Crippen molar-refractivity contribution >= 4 is 27.6 Å². The van der Waals surface area contributed by atoms with E-state index in [1.807, 2.05) is 0 Å². The van der Waals surface area contributed by atoms with Gasteiger partial charge in [0, 0.05) is 6.07 Å². The van der Waals surface area contributed by atoms with Crippen LogP contribution in [0.25, 0.3) is 0 Å². The van der Waals surface area contributed by atoms with Crippen LogP contribution in [0.2, 0.25) is 0 Å². The average Bonchev–Trinajstić information content (AvgIpc) is 2.21. The summed E-state index contributed by atoms with van der Waals surface area (Å²) >= 11 is 3.10. The van der Waals surface area contributed by atoms with Crippen molar-refractivity contribution in [2.45, 2.75) is 13.8 Å². The summed E-state index contributed by atoms with van der Waals surface area (Å²) in [6.45, 7) is 3.60. The third-order valence-electron chi connectivity index (χ3n) is 2.06. The maximum absolute atomic E-state index is 11.5. The lowest BCUT2D eigenvalue weighted by molar-refractivity contribution is -0.385. The van der Waals surface area contributed by atoms with Crippen LogP contribution >= 0.6 is 15.9 Å². The first-order chi connectivity index (χ1) is 7.49. The number of nitro benzene ring substituents is 1. The summed E-state index contributed by atoms with van der Waals surface area (Å²) in [6, 6.07) is 2.68. The van der Waals surface area contributed by atoms with Gasteiger partial charge in [0.15, 0.2) is 0 Å². The number of hydrogen-bond acceptors (Lipinski definition) is 4. The molecular weight excluding hydrogens is 278 g/mol. The van der Waals surface area contributed by atoms with Gasteiger partial charge in [0.25, 0.3) is 5.69 Å². The Labute approximate surface area is 101 Å². The van der Waals surface area contributed by atoms with Crippen molar-refractivity contribution in [3.05, 3.63) is 37.8 Å². The lowest BCUT2D eigenvalue weighted by atomic mass is 10.1. The van der Waals surface area contributed by atoms with Crippen LogP contribution in [0.1, 0.15) is 22.8 Å². The first-order valence-electron chi connectivity index (χ1n) is 4.59. The molecule has 6 heteroatoms. The van der Waals surface area contributed by atoms with E-state index in [0.717, 1.165) is 0 Å². The van der Waals surface area contributed by atoms with Crippen molar-refractivity contribution < 1.29 is 14.5 Å². The molecule has 0 heterocycles. The molecule has 1 rings (SSSR count). The molecule has 0 radical (unpaired) electrons. The Morgan fingerprint density at radius 1 is 1.56 bits per heavy atom. The second-order valence-electron chi connectivity index (χ2n) is 3.05. The van der Waals surface area contributed by atoms with Gasteiger partial charge in [-0.15, -0.1) is 0 Å². The molecule has 0 aliphatic rings. The number of esters is 1. The van der Waals surface area contributed by atoms with Crippen LogP contribution in [0, 0.1) is 17.0 Å². The molecule has 1 aromatic carbocycles. The van der Waals surface area contributed by atoms with Crippen LogP contribution in [0.15, 0.2) is 16.6 Å². The first-order valence-corrected chi connectivity index (χ1v) is 5.39. The number of carbonyl (C=O) groups is 1. The standard InChI is InChI=1S/C10H10BrNO4/c1-3-16-10(13)7-4-5-8(12(14)15)9(11)6(7)2/h4-5H,3H2,1-2H3. The van der Waals surface area contributed by atoms with Crippen molar-refractivity contribution in [2.24, 2.45) is 0 Å². The highest BCUT2D eigenvalue weighted by Gasteiger charge is 2.19. The van der Waals surface area contributed by atoms with Crippen LogP contribution in [-0.2, 0) is 4.74 Å². The Balaban J connectivity index is 3.21. The highest BCUT2D eigenvalue weighted by atomic mass is 79.9. The van der Waals surface area contributed by atoms with Crippen LogP contribution in [0.5, 0.6) is 0 Å². The largest absolute Gasteiger partial charge is 0.462 e. The maximum atomic E-state index is 11.5. The molecule has 0 N–H and O–H groups in total. The molecular formula is C10H10BrNO4. The number of ether oxygens (including phenoxy) is 1. The van der Waals surface area contributed by atoms with Crippen LogP contribution in [0.4, 0.5) is 5.69 Å². The molecule has 0 aromatic heterocycles. The van der Waals surface area contributed by atoms with Crippen molar-refractivity contribution in [1.29, 1.82) is 0 Å². The normalized spacial score (nSPS) is 9.94. The Morgan fingerprint density at radius 2 is 2.19 bits per heavy atom. The summed E-state index contributed by atoms with van der Waals surface area (Å²) in [5.41, 5.74) is 0.775. The Hall–Kier alpha value is -1.43. The highest BCUT2D eigenvalue weighted by Crippen LogP contribution is 2.30. The van der Waals surface area contributed by atoms with Gasteiger partial charge in [-0.3, -0.25) is 10.1 Å². The second kappa shape index (κ2) is 5.07. The number of nitrogens with zero attached hydrogens (tertiary/aromatic N) is 1. The highest BCUT2D eigenvalue weighted by molar-refractivity contribution is 9.10. The lowest BCUT2D eigenvalue weighted by Gasteiger charge is -2.07. The number of carbonyl (C=O) groups excluding carboxylic acids is 1. The molecule has 86 valence electrons. The molecule has 0 bridgehead atoms. The minimum Gasteiger partial charge on any atom is -0.462 e. The smallest absolute Gasteiger partial charge is 0.338 e. The minimum atomic E-state index is -0.508. The molecule has 0 spiro atoms. The molecule has 0 unspecified atom stereocenters. The molecule has 1 aromatic rings. The average molecular weight is 288 g/mol. The fraction of sp³-hybridized carbons (Fsp3) is 0.300. The predicted molar refractivity (Wildman–Crippen MR) is 61.5 cm³/mol.